The molecule has 0 amide bonds. The molecule has 2 unspecified atom stereocenters. The van der Waals surface area contributed by atoms with Crippen LogP contribution < -0.4 is 0 Å². The zero-order chi connectivity index (χ0) is 9.03. The fourth-order valence-corrected chi connectivity index (χ4v) is 1.94. The highest BCUT2D eigenvalue weighted by atomic mass is 16.5. The average molecular weight is 172 g/mol. The molecule has 0 bridgehead atoms. The van der Waals surface area contributed by atoms with Crippen LogP contribution in [0.1, 0.15) is 39.5 Å². The smallest absolute Gasteiger partial charge is 0.0669 e. The second kappa shape index (κ2) is 4.24. The summed E-state index contributed by atoms with van der Waals surface area (Å²) in [6.45, 7) is 5.67. The van der Waals surface area contributed by atoms with E-state index < -0.39 is 5.60 Å². The van der Waals surface area contributed by atoms with E-state index in [-0.39, 0.29) is 0 Å². The fourth-order valence-electron chi connectivity index (χ4n) is 1.94. The topological polar surface area (TPSA) is 29.5 Å². The summed E-state index contributed by atoms with van der Waals surface area (Å²) >= 11 is 0. The van der Waals surface area contributed by atoms with Crippen LogP contribution in [0.15, 0.2) is 0 Å². The third-order valence-corrected chi connectivity index (χ3v) is 2.80. The summed E-state index contributed by atoms with van der Waals surface area (Å²) in [5, 5.41) is 10.1. The number of rotatable bonds is 3. The Balaban J connectivity index is 2.41. The zero-order valence-corrected chi connectivity index (χ0v) is 8.18. The highest BCUT2D eigenvalue weighted by Crippen LogP contribution is 2.29. The molecule has 1 rings (SSSR count). The minimum absolute atomic E-state index is 0.353. The van der Waals surface area contributed by atoms with Crippen molar-refractivity contribution in [2.45, 2.75) is 45.1 Å². The van der Waals surface area contributed by atoms with Gasteiger partial charge in [-0.15, -0.1) is 0 Å². The van der Waals surface area contributed by atoms with Gasteiger partial charge in [0, 0.05) is 12.5 Å². The molecular formula is C10H20O2. The van der Waals surface area contributed by atoms with Crippen LogP contribution in [-0.4, -0.2) is 23.9 Å². The number of hydrogen-bond donors (Lipinski definition) is 1. The molecule has 0 saturated carbocycles. The summed E-state index contributed by atoms with van der Waals surface area (Å²) < 4.78 is 5.35. The Morgan fingerprint density at radius 2 is 2.33 bits per heavy atom. The molecule has 0 spiro atoms. The molecule has 0 aromatic heterocycles. The minimum Gasteiger partial charge on any atom is -0.390 e. The Morgan fingerprint density at radius 3 is 2.83 bits per heavy atom. The van der Waals surface area contributed by atoms with Gasteiger partial charge in [0.05, 0.1) is 12.2 Å². The summed E-state index contributed by atoms with van der Waals surface area (Å²) in [4.78, 5) is 0. The number of ether oxygens (including phenoxy) is 1. The van der Waals surface area contributed by atoms with Crippen molar-refractivity contribution in [3.8, 4) is 0 Å². The molecular weight excluding hydrogens is 152 g/mol. The second-order valence-electron chi connectivity index (χ2n) is 4.02. The molecule has 1 N–H and O–H groups in total. The molecule has 1 aliphatic heterocycles. The highest BCUT2D eigenvalue weighted by Gasteiger charge is 2.32. The minimum atomic E-state index is -0.505. The van der Waals surface area contributed by atoms with Crippen molar-refractivity contribution in [2.75, 3.05) is 13.2 Å². The predicted octanol–water partition coefficient (Wildman–Crippen LogP) is 1.96. The van der Waals surface area contributed by atoms with Crippen molar-refractivity contribution in [3.63, 3.8) is 0 Å². The molecule has 2 heteroatoms. The lowest BCUT2D eigenvalue weighted by atomic mass is 9.82. The quantitative estimate of drug-likeness (QED) is 0.705. The van der Waals surface area contributed by atoms with Gasteiger partial charge in [-0.3, -0.25) is 0 Å². The Kier molecular flexibility index (Phi) is 3.53. The molecule has 1 saturated heterocycles. The molecule has 2 atom stereocenters. The summed E-state index contributed by atoms with van der Waals surface area (Å²) in [5.41, 5.74) is -0.505. The van der Waals surface area contributed by atoms with Gasteiger partial charge in [0.15, 0.2) is 0 Å². The van der Waals surface area contributed by atoms with Crippen LogP contribution in [-0.2, 0) is 4.74 Å². The summed E-state index contributed by atoms with van der Waals surface area (Å²) in [6.07, 6.45) is 4.15. The van der Waals surface area contributed by atoms with E-state index in [4.69, 9.17) is 4.74 Å². The molecule has 0 aromatic carbocycles. The van der Waals surface area contributed by atoms with Gasteiger partial charge in [-0.25, -0.2) is 0 Å². The van der Waals surface area contributed by atoms with Crippen LogP contribution in [0.3, 0.4) is 0 Å². The fraction of sp³-hybridized carbons (Fsp3) is 1.00. The Bertz CT molecular complexity index is 126. The molecule has 1 aliphatic rings. The van der Waals surface area contributed by atoms with E-state index in [2.05, 4.69) is 6.92 Å². The first kappa shape index (κ1) is 10.0. The van der Waals surface area contributed by atoms with E-state index in [1.165, 1.54) is 0 Å². The first-order valence-corrected chi connectivity index (χ1v) is 4.97. The van der Waals surface area contributed by atoms with Gasteiger partial charge in [0.2, 0.25) is 0 Å². The van der Waals surface area contributed by atoms with Crippen LogP contribution >= 0.6 is 0 Å². The molecule has 1 fully saturated rings. The molecule has 2 nitrogen and oxygen atoms in total. The van der Waals surface area contributed by atoms with Crippen molar-refractivity contribution in [2.24, 2.45) is 5.92 Å². The van der Waals surface area contributed by atoms with Crippen LogP contribution in [0.5, 0.6) is 0 Å². The average Bonchev–Trinajstić information content (AvgIpc) is 2.06. The maximum atomic E-state index is 10.1. The second-order valence-corrected chi connectivity index (χ2v) is 4.02. The Labute approximate surface area is 74.9 Å². The number of aliphatic hydroxyl groups is 1. The number of hydrogen-bond acceptors (Lipinski definition) is 2. The van der Waals surface area contributed by atoms with Gasteiger partial charge in [-0.1, -0.05) is 13.3 Å². The molecule has 1 heterocycles. The van der Waals surface area contributed by atoms with Crippen LogP contribution in [0, 0.1) is 5.92 Å². The molecule has 72 valence electrons. The monoisotopic (exact) mass is 172 g/mol. The van der Waals surface area contributed by atoms with E-state index >= 15 is 0 Å². The molecule has 0 aromatic rings. The Morgan fingerprint density at radius 1 is 1.58 bits per heavy atom. The van der Waals surface area contributed by atoms with Crippen molar-refractivity contribution in [3.05, 3.63) is 0 Å². The van der Waals surface area contributed by atoms with Gasteiger partial charge in [-0.05, 0) is 26.2 Å². The lowest BCUT2D eigenvalue weighted by Gasteiger charge is -2.35. The van der Waals surface area contributed by atoms with Crippen molar-refractivity contribution >= 4 is 0 Å². The van der Waals surface area contributed by atoms with Gasteiger partial charge < -0.3 is 9.84 Å². The molecule has 0 radical (unpaired) electrons. The largest absolute Gasteiger partial charge is 0.390 e. The van der Waals surface area contributed by atoms with Crippen molar-refractivity contribution in [1.29, 1.82) is 0 Å². The predicted molar refractivity (Wildman–Crippen MR) is 49.1 cm³/mol. The molecule has 0 aliphatic carbocycles. The maximum absolute atomic E-state index is 10.1. The lowest BCUT2D eigenvalue weighted by Crippen LogP contribution is -2.39. The van der Waals surface area contributed by atoms with E-state index in [0.717, 1.165) is 38.9 Å². The van der Waals surface area contributed by atoms with Gasteiger partial charge in [0.25, 0.3) is 0 Å². The lowest BCUT2D eigenvalue weighted by molar-refractivity contribution is -0.0724. The van der Waals surface area contributed by atoms with E-state index in [1.54, 1.807) is 0 Å². The third-order valence-electron chi connectivity index (χ3n) is 2.80. The Hall–Kier alpha value is -0.0800. The first-order valence-electron chi connectivity index (χ1n) is 4.97. The van der Waals surface area contributed by atoms with Gasteiger partial charge in [0.1, 0.15) is 0 Å². The van der Waals surface area contributed by atoms with Crippen molar-refractivity contribution < 1.29 is 9.84 Å². The van der Waals surface area contributed by atoms with Crippen LogP contribution in [0.25, 0.3) is 0 Å². The zero-order valence-electron chi connectivity index (χ0n) is 8.18. The molecule has 12 heavy (non-hydrogen) atoms. The van der Waals surface area contributed by atoms with Crippen molar-refractivity contribution in [1.82, 2.24) is 0 Å². The highest BCUT2D eigenvalue weighted by molar-refractivity contribution is 4.82. The summed E-state index contributed by atoms with van der Waals surface area (Å²) in [6, 6.07) is 0. The van der Waals surface area contributed by atoms with Gasteiger partial charge >= 0.3 is 0 Å². The van der Waals surface area contributed by atoms with E-state index in [1.807, 2.05) is 6.92 Å². The van der Waals surface area contributed by atoms with Gasteiger partial charge in [-0.2, -0.15) is 0 Å². The third kappa shape index (κ3) is 2.46. The standard InChI is InChI=1S/C10H20O2/c1-3-6-10(2,11)9-5-4-7-12-8-9/h9,11H,3-8H2,1-2H3. The maximum Gasteiger partial charge on any atom is 0.0669 e. The van der Waals surface area contributed by atoms with Crippen LogP contribution in [0.2, 0.25) is 0 Å². The summed E-state index contributed by atoms with van der Waals surface area (Å²) in [7, 11) is 0. The van der Waals surface area contributed by atoms with E-state index in [9.17, 15) is 5.11 Å². The normalized spacial score (nSPS) is 29.8. The summed E-state index contributed by atoms with van der Waals surface area (Å²) in [5.74, 6) is 0.353. The van der Waals surface area contributed by atoms with Crippen LogP contribution in [0.4, 0.5) is 0 Å². The van der Waals surface area contributed by atoms with E-state index in [0.29, 0.717) is 5.92 Å². The first-order chi connectivity index (χ1) is 5.67. The SMILES string of the molecule is CCCC(C)(O)C1CCCOC1.